The summed E-state index contributed by atoms with van der Waals surface area (Å²) < 4.78 is 1.82. The number of aromatic nitrogens is 2. The Morgan fingerprint density at radius 3 is 2.56 bits per heavy atom. The highest BCUT2D eigenvalue weighted by molar-refractivity contribution is 7.20. The fraction of sp³-hybridized carbons (Fsp3) is 0.100. The van der Waals surface area contributed by atoms with Crippen molar-refractivity contribution in [3.05, 3.63) is 71.2 Å². The Kier molecular flexibility index (Phi) is 3.86. The van der Waals surface area contributed by atoms with Crippen molar-refractivity contribution in [2.45, 2.75) is 6.92 Å². The fourth-order valence-electron chi connectivity index (χ4n) is 2.96. The van der Waals surface area contributed by atoms with Gasteiger partial charge in [0.25, 0.3) is 5.91 Å². The number of thiophene rings is 1. The summed E-state index contributed by atoms with van der Waals surface area (Å²) in [7, 11) is 1.90. The number of carbonyl (C=O) groups excluding carboxylic acids is 1. The zero-order valence-corrected chi connectivity index (χ0v) is 14.8. The highest BCUT2D eigenvalue weighted by atomic mass is 32.1. The van der Waals surface area contributed by atoms with Crippen molar-refractivity contribution < 1.29 is 4.79 Å². The van der Waals surface area contributed by atoms with E-state index in [2.05, 4.69) is 10.4 Å². The van der Waals surface area contributed by atoms with Gasteiger partial charge in [-0.2, -0.15) is 5.10 Å². The molecule has 0 spiro atoms. The number of anilines is 1. The van der Waals surface area contributed by atoms with Crippen LogP contribution >= 0.6 is 11.3 Å². The number of nitrogens with one attached hydrogen (secondary N) is 1. The first kappa shape index (κ1) is 15.6. The second-order valence-electron chi connectivity index (χ2n) is 5.90. The predicted molar refractivity (Wildman–Crippen MR) is 103 cm³/mol. The monoisotopic (exact) mass is 347 g/mol. The summed E-state index contributed by atoms with van der Waals surface area (Å²) in [5.74, 6) is -0.0935. The van der Waals surface area contributed by atoms with E-state index in [9.17, 15) is 4.79 Å². The molecular weight excluding hydrogens is 330 g/mol. The first-order valence-corrected chi connectivity index (χ1v) is 8.84. The van der Waals surface area contributed by atoms with E-state index in [4.69, 9.17) is 0 Å². The molecule has 0 atom stereocenters. The minimum Gasteiger partial charge on any atom is -0.321 e. The molecule has 0 aliphatic carbocycles. The van der Waals surface area contributed by atoms with Gasteiger partial charge in [-0.05, 0) is 24.6 Å². The van der Waals surface area contributed by atoms with Crippen molar-refractivity contribution in [3.8, 4) is 11.1 Å². The molecule has 0 aliphatic rings. The topological polar surface area (TPSA) is 46.9 Å². The molecule has 0 radical (unpaired) electrons. The molecule has 2 aromatic heterocycles. The number of amides is 1. The van der Waals surface area contributed by atoms with Gasteiger partial charge in [0.05, 0.1) is 10.6 Å². The largest absolute Gasteiger partial charge is 0.321 e. The van der Waals surface area contributed by atoms with Gasteiger partial charge < -0.3 is 5.32 Å². The molecule has 0 aliphatic heterocycles. The lowest BCUT2D eigenvalue weighted by atomic mass is 10.0. The van der Waals surface area contributed by atoms with Crippen molar-refractivity contribution in [2.75, 3.05) is 5.32 Å². The van der Waals surface area contributed by atoms with Crippen LogP contribution in [0.4, 0.5) is 5.69 Å². The smallest absolute Gasteiger partial charge is 0.265 e. The second kappa shape index (κ2) is 6.18. The summed E-state index contributed by atoms with van der Waals surface area (Å²) in [5.41, 5.74) is 3.84. The van der Waals surface area contributed by atoms with E-state index < -0.39 is 0 Å². The van der Waals surface area contributed by atoms with Gasteiger partial charge >= 0.3 is 0 Å². The van der Waals surface area contributed by atoms with Crippen LogP contribution in [0.25, 0.3) is 21.3 Å². The van der Waals surface area contributed by atoms with Crippen molar-refractivity contribution in [1.82, 2.24) is 9.78 Å². The number of rotatable bonds is 3. The molecule has 2 heterocycles. The van der Waals surface area contributed by atoms with Crippen molar-refractivity contribution >= 4 is 33.1 Å². The van der Waals surface area contributed by atoms with E-state index >= 15 is 0 Å². The number of para-hydroxylation sites is 1. The molecule has 1 amide bonds. The fourth-order valence-corrected chi connectivity index (χ4v) is 3.98. The van der Waals surface area contributed by atoms with Gasteiger partial charge in [0.1, 0.15) is 4.83 Å². The summed E-state index contributed by atoms with van der Waals surface area (Å²) in [6.07, 6.45) is 0. The highest BCUT2D eigenvalue weighted by Crippen LogP contribution is 2.31. The molecule has 0 fully saturated rings. The third-order valence-electron chi connectivity index (χ3n) is 4.18. The van der Waals surface area contributed by atoms with Crippen LogP contribution in [0, 0.1) is 6.92 Å². The van der Waals surface area contributed by atoms with Crippen molar-refractivity contribution in [2.24, 2.45) is 7.05 Å². The van der Waals surface area contributed by atoms with Crippen molar-refractivity contribution in [3.63, 3.8) is 0 Å². The van der Waals surface area contributed by atoms with Crippen LogP contribution in [0.1, 0.15) is 15.4 Å². The molecule has 4 nitrogen and oxygen atoms in total. The standard InChI is InChI=1S/C20H17N3OS/c1-13-16-12-18(25-20(16)23(2)22-13)19(24)21-17-11-7-6-10-15(17)14-8-4-3-5-9-14/h3-12H,1-2H3,(H,21,24). The van der Waals surface area contributed by atoms with Crippen molar-refractivity contribution in [1.29, 1.82) is 0 Å². The quantitative estimate of drug-likeness (QED) is 0.575. The Hall–Kier alpha value is -2.92. The Balaban J connectivity index is 1.68. The first-order chi connectivity index (χ1) is 12.1. The molecule has 0 saturated carbocycles. The van der Waals surface area contributed by atoms with E-state index in [1.54, 1.807) is 0 Å². The number of aryl methyl sites for hydroxylation is 2. The lowest BCUT2D eigenvalue weighted by Crippen LogP contribution is -2.11. The van der Waals surface area contributed by atoms with Crippen LogP contribution in [0.5, 0.6) is 0 Å². The van der Waals surface area contributed by atoms with E-state index in [-0.39, 0.29) is 5.91 Å². The molecule has 124 valence electrons. The number of nitrogens with zero attached hydrogens (tertiary/aromatic N) is 2. The maximum absolute atomic E-state index is 12.8. The molecule has 0 bridgehead atoms. The summed E-state index contributed by atoms with van der Waals surface area (Å²) in [4.78, 5) is 14.5. The van der Waals surface area contributed by atoms with Gasteiger partial charge in [-0.25, -0.2) is 0 Å². The van der Waals surface area contributed by atoms with E-state index in [1.165, 1.54) is 11.3 Å². The maximum Gasteiger partial charge on any atom is 0.265 e. The molecule has 5 heteroatoms. The number of hydrogen-bond acceptors (Lipinski definition) is 3. The van der Waals surface area contributed by atoms with Gasteiger partial charge in [0.2, 0.25) is 0 Å². The normalized spacial score (nSPS) is 11.0. The molecule has 2 aromatic carbocycles. The minimum absolute atomic E-state index is 0.0935. The third-order valence-corrected chi connectivity index (χ3v) is 5.38. The van der Waals surface area contributed by atoms with Gasteiger partial charge in [0.15, 0.2) is 0 Å². The molecule has 1 N–H and O–H groups in total. The number of carbonyl (C=O) groups is 1. The SMILES string of the molecule is Cc1nn(C)c2sc(C(=O)Nc3ccccc3-c3ccccc3)cc12. The van der Waals surface area contributed by atoms with E-state index in [0.29, 0.717) is 4.88 Å². The van der Waals surface area contributed by atoms with Gasteiger partial charge in [-0.15, -0.1) is 11.3 Å². The summed E-state index contributed by atoms with van der Waals surface area (Å²) in [5, 5.41) is 8.48. The van der Waals surface area contributed by atoms with Gasteiger partial charge in [0, 0.05) is 23.7 Å². The Bertz CT molecular complexity index is 1030. The maximum atomic E-state index is 12.8. The first-order valence-electron chi connectivity index (χ1n) is 8.02. The summed E-state index contributed by atoms with van der Waals surface area (Å²) >= 11 is 1.46. The van der Waals surface area contributed by atoms with Crippen LogP contribution in [0.15, 0.2) is 60.7 Å². The molecule has 0 unspecified atom stereocenters. The molecule has 25 heavy (non-hydrogen) atoms. The average Bonchev–Trinajstić information content (AvgIpc) is 3.18. The number of hydrogen-bond donors (Lipinski definition) is 1. The van der Waals surface area contributed by atoms with Crippen LogP contribution in [0.3, 0.4) is 0 Å². The van der Waals surface area contributed by atoms with Gasteiger partial charge in [-0.3, -0.25) is 9.48 Å². The van der Waals surface area contributed by atoms with E-state index in [0.717, 1.165) is 32.7 Å². The minimum atomic E-state index is -0.0935. The highest BCUT2D eigenvalue weighted by Gasteiger charge is 2.16. The van der Waals surface area contributed by atoms with Crippen LogP contribution in [-0.2, 0) is 7.05 Å². The van der Waals surface area contributed by atoms with Crippen LogP contribution in [-0.4, -0.2) is 15.7 Å². The Labute approximate surface area is 149 Å². The lowest BCUT2D eigenvalue weighted by molar-refractivity contribution is 0.103. The molecule has 4 aromatic rings. The molecular formula is C20H17N3OS. The third kappa shape index (κ3) is 2.83. The van der Waals surface area contributed by atoms with Gasteiger partial charge in [-0.1, -0.05) is 48.5 Å². The lowest BCUT2D eigenvalue weighted by Gasteiger charge is -2.10. The molecule has 4 rings (SSSR count). The Morgan fingerprint density at radius 2 is 1.80 bits per heavy atom. The van der Waals surface area contributed by atoms with Crippen LogP contribution < -0.4 is 5.32 Å². The zero-order chi connectivity index (χ0) is 17.4. The van der Waals surface area contributed by atoms with Crippen LogP contribution in [0.2, 0.25) is 0 Å². The summed E-state index contributed by atoms with van der Waals surface area (Å²) in [6.45, 7) is 1.96. The number of benzene rings is 2. The zero-order valence-electron chi connectivity index (χ0n) is 14.0. The predicted octanol–water partition coefficient (Wildman–Crippen LogP) is 4.86. The Morgan fingerprint density at radius 1 is 1.08 bits per heavy atom. The second-order valence-corrected chi connectivity index (χ2v) is 6.93. The average molecular weight is 347 g/mol. The van der Waals surface area contributed by atoms with E-state index in [1.807, 2.05) is 79.3 Å². The number of fused-ring (bicyclic) bond motifs is 1. The molecule has 0 saturated heterocycles. The summed E-state index contributed by atoms with van der Waals surface area (Å²) in [6, 6.07) is 19.8.